The van der Waals surface area contributed by atoms with E-state index in [1.54, 1.807) is 4.90 Å². The molecule has 0 saturated carbocycles. The number of urea groups is 1. The zero-order valence-electron chi connectivity index (χ0n) is 23.0. The molecule has 3 aromatic carbocycles. The number of hydrogen-bond donors (Lipinski definition) is 2. The van der Waals surface area contributed by atoms with Crippen LogP contribution in [0.25, 0.3) is 10.9 Å². The van der Waals surface area contributed by atoms with Crippen molar-refractivity contribution in [3.05, 3.63) is 101 Å². The molecule has 1 aromatic heterocycles. The second-order valence-electron chi connectivity index (χ2n) is 10.3. The predicted molar refractivity (Wildman–Crippen MR) is 155 cm³/mol. The normalized spacial score (nSPS) is 11.1. The maximum Gasteiger partial charge on any atom is 0.322 e. The van der Waals surface area contributed by atoms with Crippen molar-refractivity contribution in [3.63, 3.8) is 0 Å². The molecule has 6 heteroatoms. The molecule has 0 aliphatic rings. The molecular formula is C32H38N4O2. The van der Waals surface area contributed by atoms with Crippen LogP contribution in [-0.4, -0.2) is 45.9 Å². The maximum absolute atomic E-state index is 13.7. The zero-order chi connectivity index (χ0) is 27.2. The Morgan fingerprint density at radius 3 is 2.26 bits per heavy atom. The number of nitrogens with one attached hydrogen (secondary N) is 2. The minimum atomic E-state index is -0.266. The first-order valence-electron chi connectivity index (χ1n) is 13.2. The highest BCUT2D eigenvalue weighted by atomic mass is 16.2. The molecule has 0 radical (unpaired) electrons. The van der Waals surface area contributed by atoms with Gasteiger partial charge in [0.05, 0.1) is 0 Å². The summed E-state index contributed by atoms with van der Waals surface area (Å²) in [6, 6.07) is 22.0. The molecule has 0 aliphatic carbocycles. The van der Waals surface area contributed by atoms with Crippen LogP contribution in [0.15, 0.2) is 72.9 Å². The molecule has 0 aliphatic heterocycles. The molecule has 4 aromatic rings. The molecular weight excluding hydrogens is 472 g/mol. The van der Waals surface area contributed by atoms with Gasteiger partial charge in [0.2, 0.25) is 5.91 Å². The van der Waals surface area contributed by atoms with Gasteiger partial charge in [-0.15, -0.1) is 0 Å². The summed E-state index contributed by atoms with van der Waals surface area (Å²) in [5.41, 5.74) is 7.30. The number of H-pyrrole nitrogens is 1. The third kappa shape index (κ3) is 6.43. The quantitative estimate of drug-likeness (QED) is 0.266. The van der Waals surface area contributed by atoms with Gasteiger partial charge < -0.3 is 20.1 Å². The Morgan fingerprint density at radius 2 is 1.58 bits per heavy atom. The van der Waals surface area contributed by atoms with E-state index in [2.05, 4.69) is 53.6 Å². The third-order valence-electron chi connectivity index (χ3n) is 7.08. The van der Waals surface area contributed by atoms with Crippen molar-refractivity contribution in [2.45, 2.75) is 53.6 Å². The summed E-state index contributed by atoms with van der Waals surface area (Å²) in [6.07, 6.45) is 2.75. The molecule has 0 bridgehead atoms. The number of fused-ring (bicyclic) bond motifs is 1. The topological polar surface area (TPSA) is 68.4 Å². The largest absolute Gasteiger partial charge is 0.361 e. The summed E-state index contributed by atoms with van der Waals surface area (Å²) in [5.74, 6) is -0.0734. The Balaban J connectivity index is 1.53. The lowest BCUT2D eigenvalue weighted by Crippen LogP contribution is -2.47. The molecule has 1 heterocycles. The lowest BCUT2D eigenvalue weighted by molar-refractivity contribution is -0.132. The fraction of sp³-hybridized carbons (Fsp3) is 0.312. The van der Waals surface area contributed by atoms with Gasteiger partial charge in [-0.05, 0) is 69.4 Å². The highest BCUT2D eigenvalue weighted by molar-refractivity contribution is 5.94. The fourth-order valence-corrected chi connectivity index (χ4v) is 4.72. The highest BCUT2D eigenvalue weighted by Crippen LogP contribution is 2.21. The number of benzene rings is 3. The van der Waals surface area contributed by atoms with E-state index in [9.17, 15) is 9.59 Å². The third-order valence-corrected chi connectivity index (χ3v) is 7.08. The number of aromatic amines is 1. The number of carbonyl (C=O) groups is 2. The number of amides is 3. The Bertz CT molecular complexity index is 1380. The summed E-state index contributed by atoms with van der Waals surface area (Å²) in [7, 11) is 0. The van der Waals surface area contributed by atoms with Crippen LogP contribution in [0.3, 0.4) is 0 Å². The first kappa shape index (κ1) is 27.0. The van der Waals surface area contributed by atoms with Gasteiger partial charge in [-0.1, -0.05) is 66.2 Å². The number of anilines is 1. The van der Waals surface area contributed by atoms with Gasteiger partial charge in [-0.25, -0.2) is 4.79 Å². The first-order chi connectivity index (χ1) is 18.2. The Labute approximate surface area is 225 Å². The van der Waals surface area contributed by atoms with E-state index in [1.165, 1.54) is 16.5 Å². The number of aromatic nitrogens is 1. The van der Waals surface area contributed by atoms with Crippen molar-refractivity contribution in [2.75, 3.05) is 18.4 Å². The molecule has 4 rings (SSSR count). The lowest BCUT2D eigenvalue weighted by Gasteiger charge is -2.30. The molecule has 6 nitrogen and oxygen atoms in total. The van der Waals surface area contributed by atoms with Crippen LogP contribution < -0.4 is 5.32 Å². The van der Waals surface area contributed by atoms with Crippen LogP contribution in [-0.2, 0) is 17.8 Å². The Hall–Kier alpha value is -4.06. The zero-order valence-corrected chi connectivity index (χ0v) is 23.0. The van der Waals surface area contributed by atoms with E-state index in [1.807, 2.05) is 69.1 Å². The minimum Gasteiger partial charge on any atom is -0.361 e. The standard InChI is InChI=1S/C32H38N4O2/c1-22(2)36(32(38)34-31-24(4)9-8-10-25(31)5)21-30(37)35(20-26-15-13-23(3)14-16-26)18-17-27-19-33-29-12-7-6-11-28(27)29/h6-16,19,22,33H,17-18,20-21H2,1-5H3,(H,34,38). The molecule has 2 N–H and O–H groups in total. The molecule has 0 saturated heterocycles. The lowest BCUT2D eigenvalue weighted by atomic mass is 10.1. The Morgan fingerprint density at radius 1 is 0.895 bits per heavy atom. The van der Waals surface area contributed by atoms with E-state index in [-0.39, 0.29) is 24.5 Å². The summed E-state index contributed by atoms with van der Waals surface area (Å²) in [5, 5.41) is 4.22. The van der Waals surface area contributed by atoms with Crippen LogP contribution in [0, 0.1) is 20.8 Å². The monoisotopic (exact) mass is 510 g/mol. The van der Waals surface area contributed by atoms with Crippen molar-refractivity contribution in [2.24, 2.45) is 0 Å². The molecule has 3 amide bonds. The highest BCUT2D eigenvalue weighted by Gasteiger charge is 2.25. The van der Waals surface area contributed by atoms with Crippen molar-refractivity contribution >= 4 is 28.5 Å². The smallest absolute Gasteiger partial charge is 0.322 e. The van der Waals surface area contributed by atoms with Crippen LogP contribution in [0.2, 0.25) is 0 Å². The molecule has 0 fully saturated rings. The van der Waals surface area contributed by atoms with Gasteiger partial charge >= 0.3 is 6.03 Å². The van der Waals surface area contributed by atoms with Crippen molar-refractivity contribution in [1.29, 1.82) is 0 Å². The molecule has 0 atom stereocenters. The van der Waals surface area contributed by atoms with Gasteiger partial charge in [0.1, 0.15) is 6.54 Å². The fourth-order valence-electron chi connectivity index (χ4n) is 4.72. The summed E-state index contributed by atoms with van der Waals surface area (Å²) < 4.78 is 0. The SMILES string of the molecule is Cc1ccc(CN(CCc2c[nH]c3ccccc23)C(=O)CN(C(=O)Nc2c(C)cccc2C)C(C)C)cc1. The van der Waals surface area contributed by atoms with Crippen molar-refractivity contribution < 1.29 is 9.59 Å². The Kier molecular flexibility index (Phi) is 8.52. The number of aryl methyl sites for hydroxylation is 3. The van der Waals surface area contributed by atoms with Crippen LogP contribution in [0.4, 0.5) is 10.5 Å². The average molecular weight is 511 g/mol. The average Bonchev–Trinajstić information content (AvgIpc) is 3.31. The molecule has 198 valence electrons. The summed E-state index contributed by atoms with van der Waals surface area (Å²) in [4.78, 5) is 33.9. The van der Waals surface area contributed by atoms with Crippen molar-refractivity contribution in [3.8, 4) is 0 Å². The number of hydrogen-bond acceptors (Lipinski definition) is 2. The van der Waals surface area contributed by atoms with E-state index < -0.39 is 0 Å². The molecule has 38 heavy (non-hydrogen) atoms. The number of carbonyl (C=O) groups excluding carboxylic acids is 2. The van der Waals surface area contributed by atoms with E-state index in [0.717, 1.165) is 34.3 Å². The molecule has 0 unspecified atom stereocenters. The van der Waals surface area contributed by atoms with Gasteiger partial charge in [-0.3, -0.25) is 4.79 Å². The van der Waals surface area contributed by atoms with Crippen molar-refractivity contribution in [1.82, 2.24) is 14.8 Å². The summed E-state index contributed by atoms with van der Waals surface area (Å²) in [6.45, 7) is 10.9. The number of rotatable bonds is 9. The van der Waals surface area contributed by atoms with E-state index in [4.69, 9.17) is 0 Å². The number of nitrogens with zero attached hydrogens (tertiary/aromatic N) is 2. The first-order valence-corrected chi connectivity index (χ1v) is 13.2. The van der Waals surface area contributed by atoms with Crippen LogP contribution >= 0.6 is 0 Å². The minimum absolute atomic E-state index is 0.00811. The van der Waals surface area contributed by atoms with E-state index in [0.29, 0.717) is 13.1 Å². The second kappa shape index (κ2) is 12.0. The van der Waals surface area contributed by atoms with Crippen LogP contribution in [0.1, 0.15) is 41.7 Å². The van der Waals surface area contributed by atoms with E-state index >= 15 is 0 Å². The van der Waals surface area contributed by atoms with Crippen LogP contribution in [0.5, 0.6) is 0 Å². The van der Waals surface area contributed by atoms with Gasteiger partial charge in [0.25, 0.3) is 0 Å². The van der Waals surface area contributed by atoms with Gasteiger partial charge in [0.15, 0.2) is 0 Å². The van der Waals surface area contributed by atoms with Gasteiger partial charge in [0, 0.05) is 41.9 Å². The molecule has 0 spiro atoms. The van der Waals surface area contributed by atoms with Gasteiger partial charge in [-0.2, -0.15) is 0 Å². The summed E-state index contributed by atoms with van der Waals surface area (Å²) >= 11 is 0. The maximum atomic E-state index is 13.7. The number of para-hydroxylation sites is 2. The second-order valence-corrected chi connectivity index (χ2v) is 10.3. The predicted octanol–water partition coefficient (Wildman–Crippen LogP) is 6.61.